The van der Waals surface area contributed by atoms with Gasteiger partial charge in [-0.25, -0.2) is 4.98 Å². The number of piperazine rings is 1. The predicted octanol–water partition coefficient (Wildman–Crippen LogP) is 0.449. The molecule has 2 aliphatic rings. The van der Waals surface area contributed by atoms with Crippen molar-refractivity contribution in [2.24, 2.45) is 5.92 Å². The maximum Gasteiger partial charge on any atom is 0.234 e. The normalized spacial score (nSPS) is 18.9. The molecule has 0 unspecified atom stereocenters. The summed E-state index contributed by atoms with van der Waals surface area (Å²) in [6, 6.07) is 4.06. The van der Waals surface area contributed by atoms with Gasteiger partial charge in [0.15, 0.2) is 0 Å². The first-order valence-corrected chi connectivity index (χ1v) is 8.56. The SMILES string of the molecule is CN1CCN(c2cc(CNC(=O)CNCC3CC3)ccn2)CC1. The molecule has 0 atom stereocenters. The van der Waals surface area contributed by atoms with Crippen LogP contribution in [-0.4, -0.2) is 62.1 Å². The molecule has 23 heavy (non-hydrogen) atoms. The second-order valence-corrected chi connectivity index (χ2v) is 6.66. The fourth-order valence-electron chi connectivity index (χ4n) is 2.75. The van der Waals surface area contributed by atoms with Crippen molar-refractivity contribution in [3.05, 3.63) is 23.9 Å². The van der Waals surface area contributed by atoms with Gasteiger partial charge in [0.1, 0.15) is 5.82 Å². The Balaban J connectivity index is 1.44. The summed E-state index contributed by atoms with van der Waals surface area (Å²) in [6.45, 7) is 6.08. The first-order chi connectivity index (χ1) is 11.2. The molecule has 6 nitrogen and oxygen atoms in total. The molecule has 0 spiro atoms. The molecule has 1 aromatic rings. The van der Waals surface area contributed by atoms with E-state index in [0.717, 1.165) is 50.0 Å². The monoisotopic (exact) mass is 317 g/mol. The molecule has 0 bridgehead atoms. The largest absolute Gasteiger partial charge is 0.354 e. The van der Waals surface area contributed by atoms with Crippen molar-refractivity contribution in [2.45, 2.75) is 19.4 Å². The molecule has 1 saturated heterocycles. The van der Waals surface area contributed by atoms with Crippen LogP contribution in [0.25, 0.3) is 0 Å². The Morgan fingerprint density at radius 2 is 2.09 bits per heavy atom. The fourth-order valence-corrected chi connectivity index (χ4v) is 2.75. The van der Waals surface area contributed by atoms with Crippen molar-refractivity contribution in [1.82, 2.24) is 20.5 Å². The van der Waals surface area contributed by atoms with Crippen molar-refractivity contribution in [3.63, 3.8) is 0 Å². The van der Waals surface area contributed by atoms with Crippen molar-refractivity contribution in [2.75, 3.05) is 51.2 Å². The third-order valence-electron chi connectivity index (χ3n) is 4.54. The zero-order chi connectivity index (χ0) is 16.1. The predicted molar refractivity (Wildman–Crippen MR) is 91.4 cm³/mol. The number of anilines is 1. The Bertz CT molecular complexity index is 523. The Morgan fingerprint density at radius 1 is 1.30 bits per heavy atom. The van der Waals surface area contributed by atoms with Gasteiger partial charge >= 0.3 is 0 Å². The van der Waals surface area contributed by atoms with Gasteiger partial charge in [-0.15, -0.1) is 0 Å². The summed E-state index contributed by atoms with van der Waals surface area (Å²) >= 11 is 0. The molecule has 2 heterocycles. The van der Waals surface area contributed by atoms with E-state index >= 15 is 0 Å². The zero-order valence-electron chi connectivity index (χ0n) is 13.9. The van der Waals surface area contributed by atoms with E-state index in [1.54, 1.807) is 0 Å². The number of likely N-dealkylation sites (N-methyl/N-ethyl adjacent to an activating group) is 1. The van der Waals surface area contributed by atoms with Crippen LogP contribution in [0, 0.1) is 5.92 Å². The molecule has 3 rings (SSSR count). The zero-order valence-corrected chi connectivity index (χ0v) is 13.9. The summed E-state index contributed by atoms with van der Waals surface area (Å²) in [5, 5.41) is 6.19. The number of hydrogen-bond donors (Lipinski definition) is 2. The number of nitrogens with one attached hydrogen (secondary N) is 2. The van der Waals surface area contributed by atoms with Crippen LogP contribution in [0.15, 0.2) is 18.3 Å². The third kappa shape index (κ3) is 5.18. The molecule has 1 aromatic heterocycles. The molecule has 1 aliphatic heterocycles. The molecular formula is C17H27N5O. The maximum absolute atomic E-state index is 11.8. The topological polar surface area (TPSA) is 60.5 Å². The summed E-state index contributed by atoms with van der Waals surface area (Å²) in [5.74, 6) is 1.87. The van der Waals surface area contributed by atoms with Gasteiger partial charge in [0.05, 0.1) is 6.54 Å². The maximum atomic E-state index is 11.8. The minimum Gasteiger partial charge on any atom is -0.354 e. The van der Waals surface area contributed by atoms with Gasteiger partial charge in [-0.3, -0.25) is 4.79 Å². The van der Waals surface area contributed by atoms with Crippen LogP contribution in [-0.2, 0) is 11.3 Å². The fraction of sp³-hybridized carbons (Fsp3) is 0.647. The first kappa shape index (κ1) is 16.2. The highest BCUT2D eigenvalue weighted by atomic mass is 16.1. The van der Waals surface area contributed by atoms with Gasteiger partial charge in [0.25, 0.3) is 0 Å². The highest BCUT2D eigenvalue weighted by Gasteiger charge is 2.20. The Labute approximate surface area is 138 Å². The third-order valence-corrected chi connectivity index (χ3v) is 4.54. The van der Waals surface area contributed by atoms with E-state index in [1.807, 2.05) is 12.3 Å². The van der Waals surface area contributed by atoms with Crippen LogP contribution in [0.5, 0.6) is 0 Å². The number of pyridine rings is 1. The van der Waals surface area contributed by atoms with E-state index in [2.05, 4.69) is 38.5 Å². The number of amides is 1. The summed E-state index contributed by atoms with van der Waals surface area (Å²) in [7, 11) is 2.15. The molecule has 2 N–H and O–H groups in total. The van der Waals surface area contributed by atoms with Crippen LogP contribution in [0.1, 0.15) is 18.4 Å². The highest BCUT2D eigenvalue weighted by Crippen LogP contribution is 2.27. The average Bonchev–Trinajstić information content (AvgIpc) is 3.38. The van der Waals surface area contributed by atoms with Crippen molar-refractivity contribution >= 4 is 11.7 Å². The van der Waals surface area contributed by atoms with Crippen molar-refractivity contribution < 1.29 is 4.79 Å². The molecule has 1 amide bonds. The van der Waals surface area contributed by atoms with Gasteiger partial charge < -0.3 is 20.4 Å². The first-order valence-electron chi connectivity index (χ1n) is 8.56. The number of aromatic nitrogens is 1. The Morgan fingerprint density at radius 3 is 2.83 bits per heavy atom. The molecule has 126 valence electrons. The number of hydrogen-bond acceptors (Lipinski definition) is 5. The number of carbonyl (C=O) groups excluding carboxylic acids is 1. The highest BCUT2D eigenvalue weighted by molar-refractivity contribution is 5.78. The summed E-state index contributed by atoms with van der Waals surface area (Å²) in [5.41, 5.74) is 1.10. The van der Waals surface area contributed by atoms with Gasteiger partial charge in [0.2, 0.25) is 5.91 Å². The number of carbonyl (C=O) groups is 1. The molecule has 0 aromatic carbocycles. The van der Waals surface area contributed by atoms with Crippen molar-refractivity contribution in [3.8, 4) is 0 Å². The van der Waals surface area contributed by atoms with E-state index in [9.17, 15) is 4.79 Å². The molecule has 0 radical (unpaired) electrons. The van der Waals surface area contributed by atoms with Gasteiger partial charge in [0, 0.05) is 38.9 Å². The van der Waals surface area contributed by atoms with Crippen LogP contribution >= 0.6 is 0 Å². The summed E-state index contributed by atoms with van der Waals surface area (Å²) < 4.78 is 0. The van der Waals surface area contributed by atoms with E-state index in [1.165, 1.54) is 12.8 Å². The van der Waals surface area contributed by atoms with Crippen LogP contribution in [0.2, 0.25) is 0 Å². The molecule has 1 saturated carbocycles. The van der Waals surface area contributed by atoms with Gasteiger partial charge in [-0.2, -0.15) is 0 Å². The average molecular weight is 317 g/mol. The lowest BCUT2D eigenvalue weighted by atomic mass is 10.2. The summed E-state index contributed by atoms with van der Waals surface area (Å²) in [4.78, 5) is 20.9. The summed E-state index contributed by atoms with van der Waals surface area (Å²) in [6.07, 6.45) is 4.45. The quantitative estimate of drug-likeness (QED) is 0.765. The standard InChI is InChI=1S/C17H27N5O/c1-21-6-8-22(9-7-21)16-10-15(4-5-19-16)12-20-17(23)13-18-11-14-2-3-14/h4-5,10,14,18H,2-3,6-9,11-13H2,1H3,(H,20,23). The van der Waals surface area contributed by atoms with Crippen LogP contribution < -0.4 is 15.5 Å². The van der Waals surface area contributed by atoms with E-state index in [4.69, 9.17) is 0 Å². The Kier molecular flexibility index (Phi) is 5.46. The molecule has 6 heteroatoms. The van der Waals surface area contributed by atoms with E-state index < -0.39 is 0 Å². The molecule has 2 fully saturated rings. The second kappa shape index (κ2) is 7.75. The van der Waals surface area contributed by atoms with E-state index in [-0.39, 0.29) is 5.91 Å². The van der Waals surface area contributed by atoms with Crippen LogP contribution in [0.4, 0.5) is 5.82 Å². The Hall–Kier alpha value is -1.66. The lowest BCUT2D eigenvalue weighted by molar-refractivity contribution is -0.120. The lowest BCUT2D eigenvalue weighted by Gasteiger charge is -2.33. The van der Waals surface area contributed by atoms with Gasteiger partial charge in [-0.05, 0) is 50.0 Å². The van der Waals surface area contributed by atoms with Crippen molar-refractivity contribution in [1.29, 1.82) is 0 Å². The number of rotatable bonds is 7. The minimum atomic E-state index is 0.0589. The molecule has 1 aliphatic carbocycles. The second-order valence-electron chi connectivity index (χ2n) is 6.66. The van der Waals surface area contributed by atoms with Gasteiger partial charge in [-0.1, -0.05) is 0 Å². The number of nitrogens with zero attached hydrogens (tertiary/aromatic N) is 3. The van der Waals surface area contributed by atoms with Crippen LogP contribution in [0.3, 0.4) is 0 Å². The smallest absolute Gasteiger partial charge is 0.234 e. The minimum absolute atomic E-state index is 0.0589. The lowest BCUT2D eigenvalue weighted by Crippen LogP contribution is -2.44. The molecular weight excluding hydrogens is 290 g/mol. The van der Waals surface area contributed by atoms with E-state index in [0.29, 0.717) is 13.1 Å².